The van der Waals surface area contributed by atoms with E-state index in [0.717, 1.165) is 51.0 Å². The molecule has 0 aromatic rings. The molecule has 1 saturated heterocycles. The lowest BCUT2D eigenvalue weighted by Crippen LogP contribution is -2.55. The zero-order chi connectivity index (χ0) is 14.6. The number of rotatable bonds is 5. The molecule has 3 heteroatoms. The van der Waals surface area contributed by atoms with E-state index in [0.29, 0.717) is 0 Å². The Labute approximate surface area is 124 Å². The Bertz CT molecular complexity index is 332. The zero-order valence-electron chi connectivity index (χ0n) is 13.7. The van der Waals surface area contributed by atoms with Crippen molar-refractivity contribution in [1.29, 1.82) is 0 Å². The summed E-state index contributed by atoms with van der Waals surface area (Å²) in [4.78, 5) is 2.40. The van der Waals surface area contributed by atoms with Gasteiger partial charge >= 0.3 is 0 Å². The Morgan fingerprint density at radius 2 is 2.05 bits per heavy atom. The number of nitrogens with one attached hydrogen (secondary N) is 1. The van der Waals surface area contributed by atoms with Crippen molar-refractivity contribution in [2.75, 3.05) is 40.4 Å². The first-order valence-electron chi connectivity index (χ1n) is 8.18. The molecule has 0 saturated carbocycles. The van der Waals surface area contributed by atoms with Gasteiger partial charge in [0.2, 0.25) is 0 Å². The van der Waals surface area contributed by atoms with Gasteiger partial charge in [-0.1, -0.05) is 18.6 Å². The van der Waals surface area contributed by atoms with E-state index in [1.807, 2.05) is 0 Å². The normalized spacial score (nSPS) is 30.4. The summed E-state index contributed by atoms with van der Waals surface area (Å²) in [6.45, 7) is 8.72. The molecule has 1 aliphatic heterocycles. The van der Waals surface area contributed by atoms with Crippen LogP contribution in [0, 0.1) is 11.8 Å². The molecule has 2 atom stereocenters. The minimum Gasteiger partial charge on any atom is -0.381 e. The molecule has 0 aromatic carbocycles. The zero-order valence-corrected chi connectivity index (χ0v) is 13.7. The lowest BCUT2D eigenvalue weighted by atomic mass is 9.80. The first-order chi connectivity index (χ1) is 9.55. The van der Waals surface area contributed by atoms with E-state index in [1.54, 1.807) is 5.57 Å². The average Bonchev–Trinajstić information content (AvgIpc) is 2.43. The fourth-order valence-corrected chi connectivity index (χ4v) is 3.73. The van der Waals surface area contributed by atoms with E-state index in [-0.39, 0.29) is 5.54 Å². The second-order valence-electron chi connectivity index (χ2n) is 6.97. The highest BCUT2D eigenvalue weighted by molar-refractivity contribution is 5.09. The van der Waals surface area contributed by atoms with E-state index < -0.39 is 0 Å². The molecular weight excluding hydrogens is 248 g/mol. The van der Waals surface area contributed by atoms with Crippen molar-refractivity contribution in [3.8, 4) is 0 Å². The Morgan fingerprint density at radius 1 is 1.35 bits per heavy atom. The maximum absolute atomic E-state index is 5.54. The Hall–Kier alpha value is -0.380. The Kier molecular flexibility index (Phi) is 5.65. The van der Waals surface area contributed by atoms with Crippen LogP contribution in [-0.4, -0.2) is 50.8 Å². The van der Waals surface area contributed by atoms with E-state index in [1.165, 1.54) is 12.8 Å². The van der Waals surface area contributed by atoms with Crippen LogP contribution in [0.3, 0.4) is 0 Å². The molecule has 1 fully saturated rings. The summed E-state index contributed by atoms with van der Waals surface area (Å²) in [5, 5.41) is 3.77. The predicted molar refractivity (Wildman–Crippen MR) is 85.0 cm³/mol. The molecule has 1 aliphatic carbocycles. The van der Waals surface area contributed by atoms with Gasteiger partial charge in [0.15, 0.2) is 0 Å². The summed E-state index contributed by atoms with van der Waals surface area (Å²) in [5.41, 5.74) is 1.87. The van der Waals surface area contributed by atoms with Crippen LogP contribution in [0.15, 0.2) is 11.6 Å². The third kappa shape index (κ3) is 3.63. The van der Waals surface area contributed by atoms with Crippen LogP contribution in [0.2, 0.25) is 0 Å². The quantitative estimate of drug-likeness (QED) is 0.784. The fourth-order valence-electron chi connectivity index (χ4n) is 3.73. The number of nitrogens with zero attached hydrogens (tertiary/aromatic N) is 1. The van der Waals surface area contributed by atoms with E-state index in [2.05, 4.69) is 44.2 Å². The standard InChI is InChI=1S/C17H32N2O/c1-14-6-5-7-15(2)16(14)12-18-13-17(19(3)4)8-10-20-11-9-17/h6,15-16,18H,5,7-13H2,1-4H3/t15-,16-/m0/s1. The molecule has 0 aromatic heterocycles. The lowest BCUT2D eigenvalue weighted by Gasteiger charge is -2.43. The molecule has 116 valence electrons. The van der Waals surface area contributed by atoms with Crippen molar-refractivity contribution in [1.82, 2.24) is 10.2 Å². The highest BCUT2D eigenvalue weighted by Gasteiger charge is 2.34. The van der Waals surface area contributed by atoms with Crippen LogP contribution in [0.1, 0.15) is 39.5 Å². The number of ether oxygens (including phenoxy) is 1. The number of hydrogen-bond donors (Lipinski definition) is 1. The van der Waals surface area contributed by atoms with Gasteiger partial charge in [0, 0.05) is 31.8 Å². The first-order valence-corrected chi connectivity index (χ1v) is 8.18. The minimum atomic E-state index is 0.285. The fraction of sp³-hybridized carbons (Fsp3) is 0.882. The van der Waals surface area contributed by atoms with Gasteiger partial charge in [-0.2, -0.15) is 0 Å². The van der Waals surface area contributed by atoms with Gasteiger partial charge < -0.3 is 15.0 Å². The molecule has 0 unspecified atom stereocenters. The molecule has 0 bridgehead atoms. The third-order valence-corrected chi connectivity index (χ3v) is 5.55. The van der Waals surface area contributed by atoms with Gasteiger partial charge in [0.05, 0.1) is 0 Å². The van der Waals surface area contributed by atoms with E-state index in [9.17, 15) is 0 Å². The van der Waals surface area contributed by atoms with Crippen LogP contribution in [0.5, 0.6) is 0 Å². The van der Waals surface area contributed by atoms with Gasteiger partial charge in [-0.25, -0.2) is 0 Å². The predicted octanol–water partition coefficient (Wildman–Crippen LogP) is 2.68. The topological polar surface area (TPSA) is 24.5 Å². The molecule has 3 nitrogen and oxygen atoms in total. The maximum atomic E-state index is 5.54. The summed E-state index contributed by atoms with van der Waals surface area (Å²) in [7, 11) is 4.42. The second-order valence-corrected chi connectivity index (χ2v) is 6.97. The summed E-state index contributed by atoms with van der Waals surface area (Å²) < 4.78 is 5.54. The maximum Gasteiger partial charge on any atom is 0.0484 e. The summed E-state index contributed by atoms with van der Waals surface area (Å²) >= 11 is 0. The Morgan fingerprint density at radius 3 is 2.65 bits per heavy atom. The molecule has 20 heavy (non-hydrogen) atoms. The van der Waals surface area contributed by atoms with Crippen molar-refractivity contribution in [3.63, 3.8) is 0 Å². The molecular formula is C17H32N2O. The first kappa shape index (κ1) is 16.0. The largest absolute Gasteiger partial charge is 0.381 e. The van der Waals surface area contributed by atoms with Crippen molar-refractivity contribution >= 4 is 0 Å². The second kappa shape index (κ2) is 7.06. The third-order valence-electron chi connectivity index (χ3n) is 5.55. The van der Waals surface area contributed by atoms with Gasteiger partial charge in [-0.3, -0.25) is 0 Å². The number of hydrogen-bond acceptors (Lipinski definition) is 3. The van der Waals surface area contributed by atoms with Crippen molar-refractivity contribution in [2.24, 2.45) is 11.8 Å². The molecule has 1 N–H and O–H groups in total. The van der Waals surface area contributed by atoms with Crippen LogP contribution in [-0.2, 0) is 4.74 Å². The van der Waals surface area contributed by atoms with Crippen LogP contribution < -0.4 is 5.32 Å². The minimum absolute atomic E-state index is 0.285. The van der Waals surface area contributed by atoms with Crippen molar-refractivity contribution in [2.45, 2.75) is 45.1 Å². The Balaban J connectivity index is 1.87. The van der Waals surface area contributed by atoms with Gasteiger partial charge in [-0.15, -0.1) is 0 Å². The van der Waals surface area contributed by atoms with Crippen LogP contribution in [0.4, 0.5) is 0 Å². The van der Waals surface area contributed by atoms with Crippen molar-refractivity contribution in [3.05, 3.63) is 11.6 Å². The highest BCUT2D eigenvalue weighted by Crippen LogP contribution is 2.30. The molecule has 0 amide bonds. The van der Waals surface area contributed by atoms with Gasteiger partial charge in [0.25, 0.3) is 0 Å². The van der Waals surface area contributed by atoms with Crippen LogP contribution in [0.25, 0.3) is 0 Å². The van der Waals surface area contributed by atoms with Crippen molar-refractivity contribution < 1.29 is 4.74 Å². The summed E-state index contributed by atoms with van der Waals surface area (Å²) in [6, 6.07) is 0. The van der Waals surface area contributed by atoms with Gasteiger partial charge in [0.1, 0.15) is 0 Å². The summed E-state index contributed by atoms with van der Waals surface area (Å²) in [6.07, 6.45) is 7.32. The van der Waals surface area contributed by atoms with Gasteiger partial charge in [-0.05, 0) is 58.5 Å². The van der Waals surface area contributed by atoms with Crippen LogP contribution >= 0.6 is 0 Å². The molecule has 2 aliphatic rings. The lowest BCUT2D eigenvalue weighted by molar-refractivity contribution is -0.00743. The smallest absolute Gasteiger partial charge is 0.0484 e. The SMILES string of the molecule is CC1=CCC[C@H](C)[C@H]1CNCC1(N(C)C)CCOCC1. The summed E-state index contributed by atoms with van der Waals surface area (Å²) in [5.74, 6) is 1.54. The number of likely N-dealkylation sites (N-methyl/N-ethyl adjacent to an activating group) is 1. The highest BCUT2D eigenvalue weighted by atomic mass is 16.5. The number of allylic oxidation sites excluding steroid dienone is 1. The molecule has 0 spiro atoms. The average molecular weight is 280 g/mol. The van der Waals surface area contributed by atoms with E-state index in [4.69, 9.17) is 4.74 Å². The monoisotopic (exact) mass is 280 g/mol. The molecule has 0 radical (unpaired) electrons. The van der Waals surface area contributed by atoms with E-state index >= 15 is 0 Å². The molecule has 1 heterocycles. The molecule has 2 rings (SSSR count).